The molecule has 9 heteroatoms. The van der Waals surface area contributed by atoms with Crippen molar-refractivity contribution >= 4 is 46.6 Å². The van der Waals surface area contributed by atoms with E-state index in [2.05, 4.69) is 16.0 Å². The molecule has 0 aliphatic carbocycles. The molecular formula is C16H22Cl2N4O3. The summed E-state index contributed by atoms with van der Waals surface area (Å²) in [5, 5.41) is 8.57. The number of nitrogens with one attached hydrogen (secondary N) is 3. The summed E-state index contributed by atoms with van der Waals surface area (Å²) in [4.78, 5) is 36.7. The minimum Gasteiger partial charge on any atom is -0.355 e. The van der Waals surface area contributed by atoms with Gasteiger partial charge in [-0.1, -0.05) is 30.1 Å². The lowest BCUT2D eigenvalue weighted by Crippen LogP contribution is -2.42. The van der Waals surface area contributed by atoms with Gasteiger partial charge < -0.3 is 16.0 Å². The predicted molar refractivity (Wildman–Crippen MR) is 98.9 cm³/mol. The average molecular weight is 389 g/mol. The number of carbonyl (C=O) groups excluding carboxylic acids is 3. The Bertz CT molecular complexity index is 625. The van der Waals surface area contributed by atoms with Crippen molar-refractivity contribution in [2.75, 3.05) is 38.5 Å². The van der Waals surface area contributed by atoms with Crippen molar-refractivity contribution in [2.45, 2.75) is 13.3 Å². The second kappa shape index (κ2) is 10.9. The van der Waals surface area contributed by atoms with Crippen LogP contribution >= 0.6 is 23.2 Å². The van der Waals surface area contributed by atoms with Crippen LogP contribution in [0.4, 0.5) is 5.69 Å². The van der Waals surface area contributed by atoms with Gasteiger partial charge in [0.1, 0.15) is 0 Å². The number of benzene rings is 1. The maximum absolute atomic E-state index is 12.0. The lowest BCUT2D eigenvalue weighted by molar-refractivity contribution is -0.127. The standard InChI is InChI=1S/C16H22Cl2N4O3/c1-3-6-19-14(23)8-20-15(24)9-22(2)10-16(25)21-11-4-5-12(17)13(18)7-11/h4-5,7H,3,6,8-10H2,1-2H3,(H,19,23)(H,20,24)(H,21,25). The molecule has 0 unspecified atom stereocenters. The van der Waals surface area contributed by atoms with Crippen LogP contribution in [0.2, 0.25) is 10.0 Å². The molecule has 0 heterocycles. The van der Waals surface area contributed by atoms with Gasteiger partial charge >= 0.3 is 0 Å². The van der Waals surface area contributed by atoms with Crippen molar-refractivity contribution in [3.8, 4) is 0 Å². The van der Waals surface area contributed by atoms with Gasteiger partial charge in [-0.25, -0.2) is 0 Å². The Balaban J connectivity index is 2.33. The molecule has 0 atom stereocenters. The molecule has 0 saturated heterocycles. The number of halogens is 2. The summed E-state index contributed by atoms with van der Waals surface area (Å²) in [6.07, 6.45) is 0.830. The highest BCUT2D eigenvalue weighted by Gasteiger charge is 2.12. The highest BCUT2D eigenvalue weighted by atomic mass is 35.5. The normalized spacial score (nSPS) is 10.4. The Kier molecular flexibility index (Phi) is 9.26. The van der Waals surface area contributed by atoms with E-state index in [1.54, 1.807) is 25.2 Å². The number of likely N-dealkylation sites (N-methyl/N-ethyl adjacent to an activating group) is 1. The molecule has 0 saturated carbocycles. The Hall–Kier alpha value is -1.83. The smallest absolute Gasteiger partial charge is 0.239 e. The van der Waals surface area contributed by atoms with Crippen LogP contribution in [0.1, 0.15) is 13.3 Å². The molecule has 1 rings (SSSR count). The molecule has 0 aliphatic heterocycles. The number of hydrogen-bond donors (Lipinski definition) is 3. The molecule has 0 fully saturated rings. The average Bonchev–Trinajstić information content (AvgIpc) is 2.54. The van der Waals surface area contributed by atoms with E-state index in [-0.39, 0.29) is 37.4 Å². The van der Waals surface area contributed by atoms with Crippen molar-refractivity contribution in [1.29, 1.82) is 0 Å². The molecule has 0 radical (unpaired) electrons. The molecule has 3 N–H and O–H groups in total. The summed E-state index contributed by atoms with van der Waals surface area (Å²) >= 11 is 11.7. The van der Waals surface area contributed by atoms with Crippen LogP contribution in [0.15, 0.2) is 18.2 Å². The van der Waals surface area contributed by atoms with Gasteiger partial charge in [-0.2, -0.15) is 0 Å². The SMILES string of the molecule is CCCNC(=O)CNC(=O)CN(C)CC(=O)Nc1ccc(Cl)c(Cl)c1. The molecular weight excluding hydrogens is 367 g/mol. The minimum absolute atomic E-state index is 0.00412. The molecule has 1 aromatic rings. The van der Waals surface area contributed by atoms with Crippen LogP contribution in [0.5, 0.6) is 0 Å². The van der Waals surface area contributed by atoms with Crippen molar-refractivity contribution in [1.82, 2.24) is 15.5 Å². The highest BCUT2D eigenvalue weighted by Crippen LogP contribution is 2.24. The zero-order chi connectivity index (χ0) is 18.8. The molecule has 138 valence electrons. The first-order valence-corrected chi connectivity index (χ1v) is 8.54. The number of amides is 3. The van der Waals surface area contributed by atoms with Crippen LogP contribution in [0, 0.1) is 0 Å². The summed E-state index contributed by atoms with van der Waals surface area (Å²) in [6.45, 7) is 2.44. The second-order valence-corrected chi connectivity index (χ2v) is 6.29. The van der Waals surface area contributed by atoms with E-state index in [0.29, 0.717) is 22.3 Å². The largest absolute Gasteiger partial charge is 0.355 e. The van der Waals surface area contributed by atoms with Gasteiger partial charge in [-0.15, -0.1) is 0 Å². The van der Waals surface area contributed by atoms with Crippen LogP contribution < -0.4 is 16.0 Å². The lowest BCUT2D eigenvalue weighted by atomic mass is 10.3. The van der Waals surface area contributed by atoms with Crippen molar-refractivity contribution in [2.24, 2.45) is 0 Å². The monoisotopic (exact) mass is 388 g/mol. The Morgan fingerprint density at radius 2 is 1.68 bits per heavy atom. The number of anilines is 1. The van der Waals surface area contributed by atoms with Crippen LogP contribution in [0.3, 0.4) is 0 Å². The fourth-order valence-electron chi connectivity index (χ4n) is 1.88. The molecule has 0 aliphatic rings. The highest BCUT2D eigenvalue weighted by molar-refractivity contribution is 6.42. The van der Waals surface area contributed by atoms with Crippen LogP contribution in [-0.2, 0) is 14.4 Å². The van der Waals surface area contributed by atoms with Gasteiger partial charge in [0.05, 0.1) is 29.7 Å². The summed E-state index contributed by atoms with van der Waals surface area (Å²) in [5.74, 6) is -0.874. The first kappa shape index (κ1) is 21.2. The van der Waals surface area contributed by atoms with Gasteiger partial charge in [-0.3, -0.25) is 19.3 Å². The molecule has 1 aromatic carbocycles. The molecule has 25 heavy (non-hydrogen) atoms. The molecule has 0 bridgehead atoms. The van der Waals surface area contributed by atoms with Gasteiger partial charge in [-0.05, 0) is 31.7 Å². The number of hydrogen-bond acceptors (Lipinski definition) is 4. The molecule has 7 nitrogen and oxygen atoms in total. The molecule has 0 aromatic heterocycles. The fourth-order valence-corrected chi connectivity index (χ4v) is 2.18. The maximum atomic E-state index is 12.0. The first-order valence-electron chi connectivity index (χ1n) is 7.78. The molecule has 3 amide bonds. The van der Waals surface area contributed by atoms with E-state index >= 15 is 0 Å². The summed E-state index contributed by atoms with van der Waals surface area (Å²) < 4.78 is 0. The zero-order valence-electron chi connectivity index (χ0n) is 14.2. The quantitative estimate of drug-likeness (QED) is 0.597. The Morgan fingerprint density at radius 1 is 1.00 bits per heavy atom. The third kappa shape index (κ3) is 8.72. The topological polar surface area (TPSA) is 90.5 Å². The van der Waals surface area contributed by atoms with Gasteiger partial charge in [0, 0.05) is 12.2 Å². The Labute approximate surface area is 157 Å². The van der Waals surface area contributed by atoms with Crippen molar-refractivity contribution in [3.63, 3.8) is 0 Å². The summed E-state index contributed by atoms with van der Waals surface area (Å²) in [7, 11) is 1.63. The Morgan fingerprint density at radius 3 is 2.32 bits per heavy atom. The van der Waals surface area contributed by atoms with E-state index in [1.807, 2.05) is 6.92 Å². The summed E-state index contributed by atoms with van der Waals surface area (Å²) in [5.41, 5.74) is 0.518. The second-order valence-electron chi connectivity index (χ2n) is 5.48. The van der Waals surface area contributed by atoms with Gasteiger partial charge in [0.2, 0.25) is 17.7 Å². The minimum atomic E-state index is -0.337. The third-order valence-electron chi connectivity index (χ3n) is 3.05. The zero-order valence-corrected chi connectivity index (χ0v) is 15.7. The molecule has 0 spiro atoms. The lowest BCUT2D eigenvalue weighted by Gasteiger charge is -2.16. The first-order chi connectivity index (χ1) is 11.8. The van der Waals surface area contributed by atoms with Crippen molar-refractivity contribution in [3.05, 3.63) is 28.2 Å². The van der Waals surface area contributed by atoms with Gasteiger partial charge in [0.25, 0.3) is 0 Å². The van der Waals surface area contributed by atoms with E-state index in [0.717, 1.165) is 6.42 Å². The van der Waals surface area contributed by atoms with Crippen LogP contribution in [-0.4, -0.2) is 55.8 Å². The number of carbonyl (C=O) groups is 3. The number of nitrogens with zero attached hydrogens (tertiary/aromatic N) is 1. The van der Waals surface area contributed by atoms with Gasteiger partial charge in [0.15, 0.2) is 0 Å². The fraction of sp³-hybridized carbons (Fsp3) is 0.438. The number of rotatable bonds is 9. The third-order valence-corrected chi connectivity index (χ3v) is 3.79. The van der Waals surface area contributed by atoms with E-state index in [4.69, 9.17) is 23.2 Å². The van der Waals surface area contributed by atoms with Crippen molar-refractivity contribution < 1.29 is 14.4 Å². The van der Waals surface area contributed by atoms with E-state index < -0.39 is 0 Å². The predicted octanol–water partition coefficient (Wildman–Crippen LogP) is 1.51. The van der Waals surface area contributed by atoms with E-state index in [9.17, 15) is 14.4 Å². The summed E-state index contributed by atoms with van der Waals surface area (Å²) in [6, 6.07) is 4.76. The van der Waals surface area contributed by atoms with Crippen LogP contribution in [0.25, 0.3) is 0 Å². The maximum Gasteiger partial charge on any atom is 0.239 e. The van der Waals surface area contributed by atoms with E-state index in [1.165, 1.54) is 4.90 Å².